The molecule has 2 aliphatic carbocycles. The molecule has 3 heteroatoms. The predicted octanol–water partition coefficient (Wildman–Crippen LogP) is 1.82. The molecule has 0 radical (unpaired) electrons. The average molecular weight is 227 g/mol. The van der Waals surface area contributed by atoms with Crippen LogP contribution in [-0.4, -0.2) is 29.5 Å². The zero-order valence-electron chi connectivity index (χ0n) is 10.5. The van der Waals surface area contributed by atoms with Crippen molar-refractivity contribution in [2.24, 2.45) is 11.1 Å². The second-order valence-corrected chi connectivity index (χ2v) is 6.40. The predicted molar refractivity (Wildman–Crippen MR) is 64.1 cm³/mol. The Bertz CT molecular complexity index is 250. The van der Waals surface area contributed by atoms with Gasteiger partial charge in [-0.05, 0) is 37.5 Å². The number of hydrogen-bond donors (Lipinski definition) is 2. The van der Waals surface area contributed by atoms with Gasteiger partial charge < -0.3 is 15.6 Å². The van der Waals surface area contributed by atoms with E-state index in [4.69, 9.17) is 10.5 Å². The Morgan fingerprint density at radius 1 is 1.31 bits per heavy atom. The highest BCUT2D eigenvalue weighted by atomic mass is 16.5. The van der Waals surface area contributed by atoms with Crippen LogP contribution in [0.25, 0.3) is 0 Å². The molecular formula is C13H25NO2. The Morgan fingerprint density at radius 2 is 2.00 bits per heavy atom. The molecule has 0 saturated heterocycles. The van der Waals surface area contributed by atoms with Crippen molar-refractivity contribution in [3.05, 3.63) is 0 Å². The lowest BCUT2D eigenvalue weighted by atomic mass is 9.67. The largest absolute Gasteiger partial charge is 0.388 e. The van der Waals surface area contributed by atoms with E-state index < -0.39 is 5.60 Å². The molecule has 2 fully saturated rings. The molecule has 0 aromatic carbocycles. The second kappa shape index (κ2) is 4.28. The normalized spacial score (nSPS) is 38.6. The maximum absolute atomic E-state index is 10.5. The quantitative estimate of drug-likeness (QED) is 0.770. The Balaban J connectivity index is 1.81. The highest BCUT2D eigenvalue weighted by molar-refractivity contribution is 4.98. The van der Waals surface area contributed by atoms with Crippen molar-refractivity contribution >= 4 is 0 Å². The van der Waals surface area contributed by atoms with Crippen LogP contribution in [0, 0.1) is 5.41 Å². The highest BCUT2D eigenvalue weighted by Gasteiger charge is 2.42. The van der Waals surface area contributed by atoms with E-state index in [1.807, 2.05) is 0 Å². The van der Waals surface area contributed by atoms with E-state index in [1.54, 1.807) is 0 Å². The molecule has 0 aromatic rings. The fourth-order valence-corrected chi connectivity index (χ4v) is 2.58. The number of aliphatic hydroxyl groups is 1. The van der Waals surface area contributed by atoms with Crippen molar-refractivity contribution in [2.75, 3.05) is 6.61 Å². The summed E-state index contributed by atoms with van der Waals surface area (Å²) in [4.78, 5) is 0. The molecule has 0 bridgehead atoms. The minimum Gasteiger partial charge on any atom is -0.388 e. The van der Waals surface area contributed by atoms with Gasteiger partial charge in [-0.15, -0.1) is 0 Å². The molecule has 94 valence electrons. The first-order chi connectivity index (χ1) is 7.41. The lowest BCUT2D eigenvalue weighted by Crippen LogP contribution is -2.54. The first-order valence-electron chi connectivity index (χ1n) is 6.51. The molecular weight excluding hydrogens is 202 g/mol. The molecule has 0 spiro atoms. The summed E-state index contributed by atoms with van der Waals surface area (Å²) in [7, 11) is 0. The maximum Gasteiger partial charge on any atom is 0.0820 e. The first kappa shape index (κ1) is 12.3. The summed E-state index contributed by atoms with van der Waals surface area (Å²) in [5.41, 5.74) is 5.71. The minimum atomic E-state index is -0.690. The number of rotatable bonds is 4. The van der Waals surface area contributed by atoms with Crippen LogP contribution >= 0.6 is 0 Å². The molecule has 2 aliphatic rings. The first-order valence-corrected chi connectivity index (χ1v) is 6.51. The van der Waals surface area contributed by atoms with Crippen molar-refractivity contribution in [2.45, 2.75) is 70.1 Å². The molecule has 2 unspecified atom stereocenters. The standard InChI is InChI=1S/C13H25NO2/c1-12(2)5-6-13(15,11(14)9-12)7-8-16-10-3-4-10/h10-11,15H,3-9,14H2,1-2H3. The Morgan fingerprint density at radius 3 is 2.56 bits per heavy atom. The van der Waals surface area contributed by atoms with E-state index in [-0.39, 0.29) is 11.5 Å². The third-order valence-electron chi connectivity index (χ3n) is 4.11. The van der Waals surface area contributed by atoms with E-state index >= 15 is 0 Å². The van der Waals surface area contributed by atoms with Crippen LogP contribution in [-0.2, 0) is 4.74 Å². The number of nitrogens with two attached hydrogens (primary N) is 1. The van der Waals surface area contributed by atoms with Crippen molar-refractivity contribution in [1.29, 1.82) is 0 Å². The zero-order valence-corrected chi connectivity index (χ0v) is 10.5. The maximum atomic E-state index is 10.5. The molecule has 0 aromatic heterocycles. The molecule has 0 aliphatic heterocycles. The smallest absolute Gasteiger partial charge is 0.0820 e. The Hall–Kier alpha value is -0.120. The number of ether oxygens (including phenoxy) is 1. The third kappa shape index (κ3) is 2.96. The lowest BCUT2D eigenvalue weighted by molar-refractivity contribution is -0.0665. The van der Waals surface area contributed by atoms with Crippen LogP contribution in [0.15, 0.2) is 0 Å². The van der Waals surface area contributed by atoms with Gasteiger partial charge in [0.1, 0.15) is 0 Å². The van der Waals surface area contributed by atoms with Gasteiger partial charge in [-0.2, -0.15) is 0 Å². The van der Waals surface area contributed by atoms with Crippen molar-refractivity contribution in [1.82, 2.24) is 0 Å². The van der Waals surface area contributed by atoms with Gasteiger partial charge in [-0.3, -0.25) is 0 Å². The third-order valence-corrected chi connectivity index (χ3v) is 4.11. The van der Waals surface area contributed by atoms with E-state index in [1.165, 1.54) is 12.8 Å². The van der Waals surface area contributed by atoms with Gasteiger partial charge in [0.05, 0.1) is 11.7 Å². The highest BCUT2D eigenvalue weighted by Crippen LogP contribution is 2.41. The molecule has 2 atom stereocenters. The summed E-state index contributed by atoms with van der Waals surface area (Å²) >= 11 is 0. The molecule has 2 saturated carbocycles. The summed E-state index contributed by atoms with van der Waals surface area (Å²) in [6.07, 6.45) is 6.33. The Kier molecular flexibility index (Phi) is 3.30. The van der Waals surface area contributed by atoms with Crippen LogP contribution in [0.2, 0.25) is 0 Å². The molecule has 2 rings (SSSR count). The molecule has 0 amide bonds. The van der Waals surface area contributed by atoms with Gasteiger partial charge >= 0.3 is 0 Å². The summed E-state index contributed by atoms with van der Waals surface area (Å²) in [6.45, 7) is 5.12. The van der Waals surface area contributed by atoms with E-state index in [0.29, 0.717) is 19.1 Å². The minimum absolute atomic E-state index is 0.0981. The van der Waals surface area contributed by atoms with Crippen molar-refractivity contribution < 1.29 is 9.84 Å². The summed E-state index contributed by atoms with van der Waals surface area (Å²) in [5, 5.41) is 10.5. The average Bonchev–Trinajstić information content (AvgIpc) is 2.96. The summed E-state index contributed by atoms with van der Waals surface area (Å²) in [5.74, 6) is 0. The monoisotopic (exact) mass is 227 g/mol. The Labute approximate surface area is 98.4 Å². The van der Waals surface area contributed by atoms with Crippen LogP contribution in [0.4, 0.5) is 0 Å². The van der Waals surface area contributed by atoms with Crippen LogP contribution in [0.5, 0.6) is 0 Å². The fourth-order valence-electron chi connectivity index (χ4n) is 2.58. The number of hydrogen-bond acceptors (Lipinski definition) is 3. The van der Waals surface area contributed by atoms with Gasteiger partial charge in [0, 0.05) is 19.1 Å². The molecule has 16 heavy (non-hydrogen) atoms. The van der Waals surface area contributed by atoms with Crippen LogP contribution in [0.3, 0.4) is 0 Å². The zero-order chi connectivity index (χ0) is 11.8. The van der Waals surface area contributed by atoms with Crippen molar-refractivity contribution in [3.8, 4) is 0 Å². The topological polar surface area (TPSA) is 55.5 Å². The molecule has 3 nitrogen and oxygen atoms in total. The van der Waals surface area contributed by atoms with Crippen molar-refractivity contribution in [3.63, 3.8) is 0 Å². The molecule has 3 N–H and O–H groups in total. The summed E-state index contributed by atoms with van der Waals surface area (Å²) < 4.78 is 5.61. The van der Waals surface area contributed by atoms with Gasteiger partial charge in [-0.25, -0.2) is 0 Å². The van der Waals surface area contributed by atoms with E-state index in [0.717, 1.165) is 19.3 Å². The molecule has 0 heterocycles. The van der Waals surface area contributed by atoms with Crippen LogP contribution in [0.1, 0.15) is 52.4 Å². The lowest BCUT2D eigenvalue weighted by Gasteiger charge is -2.45. The summed E-state index contributed by atoms with van der Waals surface area (Å²) in [6, 6.07) is -0.0981. The second-order valence-electron chi connectivity index (χ2n) is 6.40. The van der Waals surface area contributed by atoms with Gasteiger partial charge in [-0.1, -0.05) is 13.8 Å². The van der Waals surface area contributed by atoms with Gasteiger partial charge in [0.2, 0.25) is 0 Å². The van der Waals surface area contributed by atoms with Crippen LogP contribution < -0.4 is 5.73 Å². The SMILES string of the molecule is CC1(C)CCC(O)(CCOC2CC2)C(N)C1. The van der Waals surface area contributed by atoms with Gasteiger partial charge in [0.25, 0.3) is 0 Å². The van der Waals surface area contributed by atoms with E-state index in [2.05, 4.69) is 13.8 Å². The fraction of sp³-hybridized carbons (Fsp3) is 1.00. The van der Waals surface area contributed by atoms with Gasteiger partial charge in [0.15, 0.2) is 0 Å². The van der Waals surface area contributed by atoms with E-state index in [9.17, 15) is 5.11 Å².